The molecule has 0 aromatic carbocycles. The van der Waals surface area contributed by atoms with E-state index in [4.69, 9.17) is 16.7 Å². The van der Waals surface area contributed by atoms with E-state index in [9.17, 15) is 9.59 Å². The molecule has 0 atom stereocenters. The van der Waals surface area contributed by atoms with E-state index in [1.807, 2.05) is 0 Å². The Labute approximate surface area is 87.8 Å². The molecule has 76 valence electrons. The number of carboxylic acids is 1. The maximum Gasteiger partial charge on any atom is 0.342 e. The van der Waals surface area contributed by atoms with Crippen LogP contribution in [-0.2, 0) is 0 Å². The first-order valence-corrected chi connectivity index (χ1v) is 4.23. The molecule has 0 amide bonds. The van der Waals surface area contributed by atoms with E-state index in [0.29, 0.717) is 0 Å². The van der Waals surface area contributed by atoms with Gasteiger partial charge in [-0.3, -0.25) is 4.79 Å². The minimum absolute atomic E-state index is 0.106. The molecule has 15 heavy (non-hydrogen) atoms. The zero-order valence-corrected chi connectivity index (χ0v) is 7.97. The molecule has 0 saturated heterocycles. The van der Waals surface area contributed by atoms with Crippen LogP contribution in [0, 0.1) is 0 Å². The van der Waals surface area contributed by atoms with Crippen LogP contribution in [0.25, 0.3) is 5.78 Å². The lowest BCUT2D eigenvalue weighted by atomic mass is 10.3. The number of hydrogen-bond donors (Lipinski definition) is 1. The molecule has 0 fully saturated rings. The van der Waals surface area contributed by atoms with E-state index in [1.165, 1.54) is 12.4 Å². The number of fused-ring (bicyclic) bond motifs is 1. The molecular weight excluding hydrogens is 222 g/mol. The van der Waals surface area contributed by atoms with Gasteiger partial charge in [0.25, 0.3) is 5.56 Å². The highest BCUT2D eigenvalue weighted by atomic mass is 35.5. The number of halogens is 1. The van der Waals surface area contributed by atoms with Crippen LogP contribution in [0.15, 0.2) is 23.4 Å². The summed E-state index contributed by atoms with van der Waals surface area (Å²) < 4.78 is 0.992. The van der Waals surface area contributed by atoms with Crippen molar-refractivity contribution in [1.82, 2.24) is 14.4 Å². The molecule has 0 aliphatic rings. The quantitative estimate of drug-likeness (QED) is 0.761. The summed E-state index contributed by atoms with van der Waals surface area (Å²) in [5.41, 5.74) is -1.13. The lowest BCUT2D eigenvalue weighted by molar-refractivity contribution is 0.0694. The predicted molar refractivity (Wildman–Crippen MR) is 51.2 cm³/mol. The smallest absolute Gasteiger partial charge is 0.342 e. The lowest BCUT2D eigenvalue weighted by Crippen LogP contribution is -2.23. The van der Waals surface area contributed by atoms with Gasteiger partial charge in [0.2, 0.25) is 5.78 Å². The number of aromatic carboxylic acids is 1. The summed E-state index contributed by atoms with van der Waals surface area (Å²) in [6.45, 7) is 0. The molecule has 0 aliphatic heterocycles. The van der Waals surface area contributed by atoms with Gasteiger partial charge in [-0.05, 0) is 0 Å². The first kappa shape index (κ1) is 9.60. The summed E-state index contributed by atoms with van der Waals surface area (Å²) in [5, 5.41) is 8.92. The first-order valence-electron chi connectivity index (χ1n) is 3.86. The molecule has 6 nitrogen and oxygen atoms in total. The average molecular weight is 226 g/mol. The van der Waals surface area contributed by atoms with Gasteiger partial charge in [-0.25, -0.2) is 19.2 Å². The maximum atomic E-state index is 11.6. The zero-order chi connectivity index (χ0) is 11.0. The normalized spacial score (nSPS) is 10.5. The van der Waals surface area contributed by atoms with Crippen LogP contribution in [0.4, 0.5) is 0 Å². The minimum Gasteiger partial charge on any atom is -0.477 e. The molecule has 7 heteroatoms. The van der Waals surface area contributed by atoms with Gasteiger partial charge >= 0.3 is 5.97 Å². The third-order valence-corrected chi connectivity index (χ3v) is 1.96. The lowest BCUT2D eigenvalue weighted by Gasteiger charge is -1.99. The number of carboxylic acid groups (broad SMARTS) is 1. The van der Waals surface area contributed by atoms with Gasteiger partial charge in [-0.2, -0.15) is 0 Å². The maximum absolute atomic E-state index is 11.6. The van der Waals surface area contributed by atoms with Gasteiger partial charge in [0.05, 0.1) is 17.4 Å². The molecule has 0 radical (unpaired) electrons. The second-order valence-electron chi connectivity index (χ2n) is 2.72. The van der Waals surface area contributed by atoms with Gasteiger partial charge < -0.3 is 5.11 Å². The van der Waals surface area contributed by atoms with Crippen molar-refractivity contribution in [3.63, 3.8) is 0 Å². The SMILES string of the molecule is O=C(O)c1cnc2ncc(Cl)cn2c1=O. The minimum atomic E-state index is -1.33. The number of aromatic nitrogens is 3. The second kappa shape index (κ2) is 3.32. The Hall–Kier alpha value is -1.95. The summed E-state index contributed by atoms with van der Waals surface area (Å²) in [7, 11) is 0. The number of carbonyl (C=O) groups is 1. The van der Waals surface area contributed by atoms with Crippen molar-refractivity contribution < 1.29 is 9.90 Å². The standard InChI is InChI=1S/C8H4ClN3O3/c9-4-1-10-8-11-2-5(7(14)15)6(13)12(8)3-4/h1-3H,(H,14,15). The van der Waals surface area contributed by atoms with Crippen LogP contribution in [0.2, 0.25) is 5.02 Å². The van der Waals surface area contributed by atoms with Crippen LogP contribution in [0.1, 0.15) is 10.4 Å². The molecule has 2 rings (SSSR count). The molecule has 2 aromatic rings. The molecular formula is C8H4ClN3O3. The zero-order valence-electron chi connectivity index (χ0n) is 7.22. The first-order chi connectivity index (χ1) is 7.09. The van der Waals surface area contributed by atoms with E-state index in [-0.39, 0.29) is 10.8 Å². The number of hydrogen-bond acceptors (Lipinski definition) is 4. The van der Waals surface area contributed by atoms with Crippen molar-refractivity contribution >= 4 is 23.3 Å². The average Bonchev–Trinajstić information content (AvgIpc) is 2.19. The van der Waals surface area contributed by atoms with Crippen molar-refractivity contribution in [2.75, 3.05) is 0 Å². The fourth-order valence-electron chi connectivity index (χ4n) is 1.09. The van der Waals surface area contributed by atoms with Gasteiger partial charge in [0.1, 0.15) is 5.56 Å². The van der Waals surface area contributed by atoms with Crippen molar-refractivity contribution in [3.05, 3.63) is 39.5 Å². The Balaban J connectivity index is 2.89. The van der Waals surface area contributed by atoms with E-state index in [0.717, 1.165) is 10.6 Å². The van der Waals surface area contributed by atoms with E-state index < -0.39 is 17.1 Å². The third-order valence-electron chi connectivity index (χ3n) is 1.76. The monoisotopic (exact) mass is 225 g/mol. The number of rotatable bonds is 1. The molecule has 0 aliphatic carbocycles. The Kier molecular flexibility index (Phi) is 2.12. The van der Waals surface area contributed by atoms with Crippen molar-refractivity contribution in [2.45, 2.75) is 0 Å². The fraction of sp³-hybridized carbons (Fsp3) is 0. The van der Waals surface area contributed by atoms with Crippen LogP contribution in [0.5, 0.6) is 0 Å². The second-order valence-corrected chi connectivity index (χ2v) is 3.16. The van der Waals surface area contributed by atoms with Crippen molar-refractivity contribution in [2.24, 2.45) is 0 Å². The summed E-state index contributed by atoms with van der Waals surface area (Å²) >= 11 is 5.63. The predicted octanol–water partition coefficient (Wildman–Crippen LogP) is 0.441. The summed E-state index contributed by atoms with van der Waals surface area (Å²) in [6.07, 6.45) is 3.57. The highest BCUT2D eigenvalue weighted by Gasteiger charge is 2.11. The Bertz CT molecular complexity index is 608. The molecule has 0 saturated carbocycles. The topological polar surface area (TPSA) is 84.6 Å². The molecule has 2 aromatic heterocycles. The Morgan fingerprint density at radius 2 is 2.07 bits per heavy atom. The van der Waals surface area contributed by atoms with Crippen LogP contribution in [0.3, 0.4) is 0 Å². The van der Waals surface area contributed by atoms with Crippen LogP contribution < -0.4 is 5.56 Å². The van der Waals surface area contributed by atoms with Gasteiger partial charge in [-0.15, -0.1) is 0 Å². The summed E-state index contributed by atoms with van der Waals surface area (Å²) in [5.74, 6) is -1.23. The van der Waals surface area contributed by atoms with Crippen molar-refractivity contribution in [3.8, 4) is 0 Å². The van der Waals surface area contributed by atoms with Gasteiger partial charge in [-0.1, -0.05) is 11.6 Å². The molecule has 0 bridgehead atoms. The Morgan fingerprint density at radius 1 is 1.40 bits per heavy atom. The molecule has 2 heterocycles. The number of nitrogens with zero attached hydrogens (tertiary/aromatic N) is 3. The van der Waals surface area contributed by atoms with E-state index >= 15 is 0 Å². The van der Waals surface area contributed by atoms with Crippen LogP contribution >= 0.6 is 11.6 Å². The molecule has 1 N–H and O–H groups in total. The van der Waals surface area contributed by atoms with Gasteiger partial charge in [0.15, 0.2) is 0 Å². The van der Waals surface area contributed by atoms with Crippen LogP contribution in [-0.4, -0.2) is 25.4 Å². The largest absolute Gasteiger partial charge is 0.477 e. The van der Waals surface area contributed by atoms with Crippen molar-refractivity contribution in [1.29, 1.82) is 0 Å². The van der Waals surface area contributed by atoms with Gasteiger partial charge in [0, 0.05) is 6.20 Å². The Morgan fingerprint density at radius 3 is 2.73 bits per heavy atom. The fourth-order valence-corrected chi connectivity index (χ4v) is 1.24. The summed E-state index contributed by atoms with van der Waals surface area (Å²) in [6, 6.07) is 0. The molecule has 0 unspecified atom stereocenters. The van der Waals surface area contributed by atoms with E-state index in [1.54, 1.807) is 0 Å². The molecule has 0 spiro atoms. The van der Waals surface area contributed by atoms with E-state index in [2.05, 4.69) is 9.97 Å². The third kappa shape index (κ3) is 1.55. The highest BCUT2D eigenvalue weighted by molar-refractivity contribution is 6.30. The summed E-state index contributed by atoms with van der Waals surface area (Å²) in [4.78, 5) is 29.7. The highest BCUT2D eigenvalue weighted by Crippen LogP contribution is 2.04.